The molecule has 0 aliphatic rings. The molecule has 3 nitrogen and oxygen atoms in total. The van der Waals surface area contributed by atoms with Crippen LogP contribution in [0.3, 0.4) is 0 Å². The van der Waals surface area contributed by atoms with Gasteiger partial charge in [0.25, 0.3) is 0 Å². The molecule has 0 unspecified atom stereocenters. The van der Waals surface area contributed by atoms with Crippen molar-refractivity contribution in [3.8, 4) is 0 Å². The zero-order valence-corrected chi connectivity index (χ0v) is 7.38. The molecule has 0 fully saturated rings. The number of ether oxygens (including phenoxy) is 1. The van der Waals surface area contributed by atoms with E-state index in [0.717, 1.165) is 5.57 Å². The van der Waals surface area contributed by atoms with Gasteiger partial charge in [0.1, 0.15) is 6.61 Å². The van der Waals surface area contributed by atoms with E-state index in [-0.39, 0.29) is 12.4 Å². The molecule has 3 heteroatoms. The molecule has 0 radical (unpaired) electrons. The van der Waals surface area contributed by atoms with E-state index in [9.17, 15) is 4.79 Å². The molecular formula is C9H15NO2. The molecular weight excluding hydrogens is 154 g/mol. The van der Waals surface area contributed by atoms with E-state index in [4.69, 9.17) is 10.5 Å². The summed E-state index contributed by atoms with van der Waals surface area (Å²) in [5.74, 6) is -0.255. The van der Waals surface area contributed by atoms with E-state index in [0.29, 0.717) is 13.2 Å². The van der Waals surface area contributed by atoms with Gasteiger partial charge >= 0.3 is 5.97 Å². The van der Waals surface area contributed by atoms with Crippen LogP contribution < -0.4 is 5.73 Å². The standard InChI is InChI=1S/C9H15NO2/c1-3-4-8(2)7-12-9(11)5-6-10/h3-4H,1,5-7,10H2,2H3/b8-4+. The van der Waals surface area contributed by atoms with Gasteiger partial charge in [-0.3, -0.25) is 4.79 Å². The van der Waals surface area contributed by atoms with Crippen LogP contribution in [0.25, 0.3) is 0 Å². The molecule has 0 atom stereocenters. The Bertz CT molecular complexity index is 185. The van der Waals surface area contributed by atoms with Crippen LogP contribution in [-0.2, 0) is 9.53 Å². The normalized spacial score (nSPS) is 11.0. The molecule has 0 aliphatic carbocycles. The third-order valence-corrected chi connectivity index (χ3v) is 1.21. The second kappa shape index (κ2) is 6.61. The maximum absolute atomic E-state index is 10.8. The second-order valence-electron chi connectivity index (χ2n) is 2.45. The fourth-order valence-corrected chi connectivity index (χ4v) is 0.634. The number of carbonyl (C=O) groups excluding carboxylic acids is 1. The predicted octanol–water partition coefficient (Wildman–Crippen LogP) is 1.01. The fraction of sp³-hybridized carbons (Fsp3) is 0.444. The quantitative estimate of drug-likeness (QED) is 0.493. The van der Waals surface area contributed by atoms with E-state index in [1.54, 1.807) is 12.2 Å². The van der Waals surface area contributed by atoms with Crippen LogP contribution in [0.5, 0.6) is 0 Å². The summed E-state index contributed by atoms with van der Waals surface area (Å²) >= 11 is 0. The number of allylic oxidation sites excluding steroid dienone is 2. The van der Waals surface area contributed by atoms with Crippen molar-refractivity contribution in [2.75, 3.05) is 13.2 Å². The fourth-order valence-electron chi connectivity index (χ4n) is 0.634. The highest BCUT2D eigenvalue weighted by Gasteiger charge is 1.99. The first-order valence-corrected chi connectivity index (χ1v) is 3.84. The third-order valence-electron chi connectivity index (χ3n) is 1.21. The molecule has 0 saturated heterocycles. The van der Waals surface area contributed by atoms with Gasteiger partial charge in [0.15, 0.2) is 0 Å². The van der Waals surface area contributed by atoms with Gasteiger partial charge in [-0.15, -0.1) is 0 Å². The van der Waals surface area contributed by atoms with Gasteiger partial charge in [0, 0.05) is 6.54 Å². The summed E-state index contributed by atoms with van der Waals surface area (Å²) in [6.45, 7) is 6.06. The SMILES string of the molecule is C=C/C=C(\C)COC(=O)CCN. The highest BCUT2D eigenvalue weighted by Crippen LogP contribution is 1.95. The summed E-state index contributed by atoms with van der Waals surface area (Å²) in [5.41, 5.74) is 6.13. The second-order valence-corrected chi connectivity index (χ2v) is 2.45. The molecule has 0 rings (SSSR count). The van der Waals surface area contributed by atoms with Crippen LogP contribution in [0.1, 0.15) is 13.3 Å². The molecule has 0 bridgehead atoms. The number of nitrogens with two attached hydrogens (primary N) is 1. The maximum atomic E-state index is 10.8. The minimum Gasteiger partial charge on any atom is -0.461 e. The Morgan fingerprint density at radius 1 is 1.67 bits per heavy atom. The van der Waals surface area contributed by atoms with Crippen LogP contribution in [0.2, 0.25) is 0 Å². The Morgan fingerprint density at radius 3 is 2.83 bits per heavy atom. The van der Waals surface area contributed by atoms with Crippen molar-refractivity contribution in [1.82, 2.24) is 0 Å². The minimum atomic E-state index is -0.255. The maximum Gasteiger partial charge on any atom is 0.307 e. The van der Waals surface area contributed by atoms with E-state index in [2.05, 4.69) is 6.58 Å². The van der Waals surface area contributed by atoms with Crippen molar-refractivity contribution in [2.45, 2.75) is 13.3 Å². The van der Waals surface area contributed by atoms with E-state index in [1.807, 2.05) is 6.92 Å². The van der Waals surface area contributed by atoms with Crippen LogP contribution in [0, 0.1) is 0 Å². The molecule has 0 aliphatic heterocycles. The number of rotatable bonds is 5. The highest BCUT2D eigenvalue weighted by molar-refractivity contribution is 5.69. The Hall–Kier alpha value is -1.09. The van der Waals surface area contributed by atoms with E-state index < -0.39 is 0 Å². The van der Waals surface area contributed by atoms with Crippen LogP contribution in [0.4, 0.5) is 0 Å². The van der Waals surface area contributed by atoms with Crippen molar-refractivity contribution in [3.63, 3.8) is 0 Å². The van der Waals surface area contributed by atoms with Gasteiger partial charge in [-0.05, 0) is 12.5 Å². The van der Waals surface area contributed by atoms with Crippen molar-refractivity contribution < 1.29 is 9.53 Å². The van der Waals surface area contributed by atoms with E-state index >= 15 is 0 Å². The summed E-state index contributed by atoms with van der Waals surface area (Å²) in [4.78, 5) is 10.8. The lowest BCUT2D eigenvalue weighted by molar-refractivity contribution is -0.142. The lowest BCUT2D eigenvalue weighted by Gasteiger charge is -2.02. The topological polar surface area (TPSA) is 52.3 Å². The summed E-state index contributed by atoms with van der Waals surface area (Å²) < 4.78 is 4.86. The molecule has 0 spiro atoms. The van der Waals surface area contributed by atoms with Crippen LogP contribution >= 0.6 is 0 Å². The number of esters is 1. The van der Waals surface area contributed by atoms with Crippen LogP contribution in [0.15, 0.2) is 24.3 Å². The van der Waals surface area contributed by atoms with E-state index in [1.165, 1.54) is 0 Å². The van der Waals surface area contributed by atoms with Gasteiger partial charge in [0.2, 0.25) is 0 Å². The average Bonchev–Trinajstić information content (AvgIpc) is 2.02. The zero-order chi connectivity index (χ0) is 9.40. The molecule has 0 aromatic heterocycles. The minimum absolute atomic E-state index is 0.255. The molecule has 0 aromatic rings. The Morgan fingerprint density at radius 2 is 2.33 bits per heavy atom. The van der Waals surface area contributed by atoms with Crippen molar-refractivity contribution in [2.24, 2.45) is 5.73 Å². The summed E-state index contributed by atoms with van der Waals surface area (Å²) in [5, 5.41) is 0. The lowest BCUT2D eigenvalue weighted by Crippen LogP contribution is -2.12. The smallest absolute Gasteiger partial charge is 0.307 e. The zero-order valence-electron chi connectivity index (χ0n) is 7.38. The number of hydrogen-bond donors (Lipinski definition) is 1. The Labute approximate surface area is 72.9 Å². The predicted molar refractivity (Wildman–Crippen MR) is 48.6 cm³/mol. The number of hydrogen-bond acceptors (Lipinski definition) is 3. The third kappa shape index (κ3) is 5.68. The molecule has 12 heavy (non-hydrogen) atoms. The highest BCUT2D eigenvalue weighted by atomic mass is 16.5. The van der Waals surface area contributed by atoms with Gasteiger partial charge in [-0.25, -0.2) is 0 Å². The van der Waals surface area contributed by atoms with Gasteiger partial charge < -0.3 is 10.5 Å². The van der Waals surface area contributed by atoms with Crippen molar-refractivity contribution in [3.05, 3.63) is 24.3 Å². The van der Waals surface area contributed by atoms with Gasteiger partial charge in [-0.1, -0.05) is 18.7 Å². The van der Waals surface area contributed by atoms with Gasteiger partial charge in [0.05, 0.1) is 6.42 Å². The summed E-state index contributed by atoms with van der Waals surface area (Å²) in [7, 11) is 0. The Balaban J connectivity index is 3.60. The first kappa shape index (κ1) is 10.9. The molecule has 0 aromatic carbocycles. The summed E-state index contributed by atoms with van der Waals surface area (Å²) in [6.07, 6.45) is 3.74. The molecule has 0 saturated carbocycles. The molecule has 0 heterocycles. The largest absolute Gasteiger partial charge is 0.461 e. The monoisotopic (exact) mass is 169 g/mol. The number of carbonyl (C=O) groups is 1. The first-order chi connectivity index (χ1) is 5.70. The first-order valence-electron chi connectivity index (χ1n) is 3.84. The molecule has 2 N–H and O–H groups in total. The average molecular weight is 169 g/mol. The van der Waals surface area contributed by atoms with Crippen molar-refractivity contribution >= 4 is 5.97 Å². The van der Waals surface area contributed by atoms with Crippen molar-refractivity contribution in [1.29, 1.82) is 0 Å². The van der Waals surface area contributed by atoms with Crippen LogP contribution in [-0.4, -0.2) is 19.1 Å². The summed E-state index contributed by atoms with van der Waals surface area (Å²) in [6, 6.07) is 0. The lowest BCUT2D eigenvalue weighted by atomic mass is 10.3. The Kier molecular flexibility index (Phi) is 6.01. The molecule has 68 valence electrons. The molecule has 0 amide bonds. The van der Waals surface area contributed by atoms with Gasteiger partial charge in [-0.2, -0.15) is 0 Å².